The van der Waals surface area contributed by atoms with Crippen molar-refractivity contribution in [3.05, 3.63) is 0 Å². The van der Waals surface area contributed by atoms with Gasteiger partial charge in [-0.1, -0.05) is 20.8 Å². The van der Waals surface area contributed by atoms with E-state index in [1.807, 2.05) is 13.8 Å². The van der Waals surface area contributed by atoms with Crippen molar-refractivity contribution in [1.29, 1.82) is 0 Å². The van der Waals surface area contributed by atoms with Crippen molar-refractivity contribution >= 4 is 11.7 Å². The first-order valence-corrected chi connectivity index (χ1v) is 5.57. The van der Waals surface area contributed by atoms with Crippen molar-refractivity contribution in [3.8, 4) is 0 Å². The van der Waals surface area contributed by atoms with Crippen LogP contribution in [0.3, 0.4) is 0 Å². The number of likely N-dealkylation sites (tertiary alicyclic amines) is 1. The van der Waals surface area contributed by atoms with Gasteiger partial charge in [-0.2, -0.15) is 0 Å². The number of carbonyl (C=O) groups excluding carboxylic acids is 2. The largest absolute Gasteiger partial charge is 0.336 e. The van der Waals surface area contributed by atoms with E-state index in [0.29, 0.717) is 6.42 Å². The summed E-state index contributed by atoms with van der Waals surface area (Å²) < 4.78 is 0. The van der Waals surface area contributed by atoms with E-state index in [0.717, 1.165) is 25.9 Å². The molecule has 1 amide bonds. The predicted octanol–water partition coefficient (Wildman–Crippen LogP) is 2.00. The molecule has 0 atom stereocenters. The van der Waals surface area contributed by atoms with E-state index >= 15 is 0 Å². The lowest BCUT2D eigenvalue weighted by atomic mass is 10.1. The van der Waals surface area contributed by atoms with E-state index in [1.165, 1.54) is 6.42 Å². The number of amides is 1. The highest BCUT2D eigenvalue weighted by molar-refractivity contribution is 6.35. The van der Waals surface area contributed by atoms with Gasteiger partial charge in [-0.15, -0.1) is 0 Å². The summed E-state index contributed by atoms with van der Waals surface area (Å²) in [5.41, 5.74) is 0. The van der Waals surface area contributed by atoms with Gasteiger partial charge in [-0.3, -0.25) is 9.59 Å². The lowest BCUT2D eigenvalue weighted by Gasteiger charge is -2.25. The average molecular weight is 199 g/mol. The summed E-state index contributed by atoms with van der Waals surface area (Å²) in [5.74, 6) is -0.533. The molecule has 0 N–H and O–H groups in total. The van der Waals surface area contributed by atoms with Crippen LogP contribution in [-0.2, 0) is 9.59 Å². The second-order valence-electron chi connectivity index (χ2n) is 3.13. The van der Waals surface area contributed by atoms with Gasteiger partial charge >= 0.3 is 0 Å². The second-order valence-corrected chi connectivity index (χ2v) is 3.13. The van der Waals surface area contributed by atoms with E-state index in [2.05, 4.69) is 0 Å². The van der Waals surface area contributed by atoms with Gasteiger partial charge in [-0.25, -0.2) is 0 Å². The van der Waals surface area contributed by atoms with E-state index < -0.39 is 0 Å². The molecule has 1 aliphatic heterocycles. The van der Waals surface area contributed by atoms with Gasteiger partial charge in [0.05, 0.1) is 0 Å². The quantitative estimate of drug-likeness (QED) is 0.638. The zero-order valence-corrected chi connectivity index (χ0v) is 9.51. The first-order valence-electron chi connectivity index (χ1n) is 5.57. The maximum atomic E-state index is 11.3. The van der Waals surface area contributed by atoms with Gasteiger partial charge in [0.2, 0.25) is 5.78 Å². The summed E-state index contributed by atoms with van der Waals surface area (Å²) >= 11 is 0. The van der Waals surface area contributed by atoms with Crippen LogP contribution in [-0.4, -0.2) is 29.7 Å². The Morgan fingerprint density at radius 2 is 1.57 bits per heavy atom. The summed E-state index contributed by atoms with van der Waals surface area (Å²) in [5, 5.41) is 0. The molecule has 1 saturated heterocycles. The molecule has 1 heterocycles. The Bertz CT molecular complexity index is 184. The van der Waals surface area contributed by atoms with Crippen LogP contribution >= 0.6 is 0 Å². The molecule has 82 valence electrons. The van der Waals surface area contributed by atoms with Crippen LogP contribution in [0.4, 0.5) is 0 Å². The number of ketones is 1. The van der Waals surface area contributed by atoms with Gasteiger partial charge in [0, 0.05) is 19.5 Å². The van der Waals surface area contributed by atoms with Gasteiger partial charge in [-0.05, 0) is 19.3 Å². The van der Waals surface area contributed by atoms with Crippen molar-refractivity contribution in [2.45, 2.75) is 46.5 Å². The first kappa shape index (κ1) is 13.1. The number of Topliss-reactive ketones (excluding diaryl/α,β-unsaturated/α-hetero) is 1. The Labute approximate surface area is 86.5 Å². The molecule has 3 heteroatoms. The molecule has 0 unspecified atom stereocenters. The fourth-order valence-corrected chi connectivity index (χ4v) is 1.42. The van der Waals surface area contributed by atoms with Crippen LogP contribution in [0.5, 0.6) is 0 Å². The van der Waals surface area contributed by atoms with Gasteiger partial charge in [0.25, 0.3) is 5.91 Å². The number of carbonyl (C=O) groups is 2. The van der Waals surface area contributed by atoms with E-state index in [4.69, 9.17) is 0 Å². The molecule has 0 saturated carbocycles. The third-order valence-electron chi connectivity index (χ3n) is 2.20. The SMILES string of the molecule is CC.CCC(=O)C(=O)N1CCCCC1. The molecule has 1 aliphatic rings. The third kappa shape index (κ3) is 3.90. The van der Waals surface area contributed by atoms with Crippen LogP contribution < -0.4 is 0 Å². The Morgan fingerprint density at radius 1 is 1.07 bits per heavy atom. The standard InChI is InChI=1S/C9H15NO2.C2H6/c1-2-8(11)9(12)10-6-4-3-5-7-10;1-2/h2-7H2,1H3;1-2H3. The molecule has 0 spiro atoms. The van der Waals surface area contributed by atoms with Crippen molar-refractivity contribution in [2.75, 3.05) is 13.1 Å². The highest BCUT2D eigenvalue weighted by Gasteiger charge is 2.21. The van der Waals surface area contributed by atoms with Gasteiger partial charge in [0.15, 0.2) is 0 Å². The molecule has 14 heavy (non-hydrogen) atoms. The Hall–Kier alpha value is -0.860. The number of hydrogen-bond acceptors (Lipinski definition) is 2. The zero-order chi connectivity index (χ0) is 11.0. The Kier molecular flexibility index (Phi) is 7.07. The van der Waals surface area contributed by atoms with Crippen LogP contribution in [0, 0.1) is 0 Å². The van der Waals surface area contributed by atoms with Crippen LogP contribution in [0.1, 0.15) is 46.5 Å². The number of nitrogens with zero attached hydrogens (tertiary/aromatic N) is 1. The molecular formula is C11H21NO2. The fourth-order valence-electron chi connectivity index (χ4n) is 1.42. The van der Waals surface area contributed by atoms with Crippen LogP contribution in [0.2, 0.25) is 0 Å². The summed E-state index contributed by atoms with van der Waals surface area (Å²) in [4.78, 5) is 24.0. The second kappa shape index (κ2) is 7.54. The summed E-state index contributed by atoms with van der Waals surface area (Å²) in [6.45, 7) is 7.26. The summed E-state index contributed by atoms with van der Waals surface area (Å²) in [6.07, 6.45) is 3.60. The van der Waals surface area contributed by atoms with Gasteiger partial charge in [0.1, 0.15) is 0 Å². The molecule has 0 aromatic rings. The minimum absolute atomic E-state index is 0.253. The minimum Gasteiger partial charge on any atom is -0.336 e. The topological polar surface area (TPSA) is 37.4 Å². The zero-order valence-electron chi connectivity index (χ0n) is 9.51. The Morgan fingerprint density at radius 3 is 2.00 bits per heavy atom. The van der Waals surface area contributed by atoms with E-state index in [1.54, 1.807) is 11.8 Å². The normalized spacial score (nSPS) is 15.5. The van der Waals surface area contributed by atoms with E-state index in [-0.39, 0.29) is 11.7 Å². The predicted molar refractivity (Wildman–Crippen MR) is 57.1 cm³/mol. The number of rotatable bonds is 2. The van der Waals surface area contributed by atoms with E-state index in [9.17, 15) is 9.59 Å². The smallest absolute Gasteiger partial charge is 0.289 e. The van der Waals surface area contributed by atoms with Crippen molar-refractivity contribution < 1.29 is 9.59 Å². The van der Waals surface area contributed by atoms with Gasteiger partial charge < -0.3 is 4.90 Å². The summed E-state index contributed by atoms with van der Waals surface area (Å²) in [6, 6.07) is 0. The highest BCUT2D eigenvalue weighted by Crippen LogP contribution is 2.09. The minimum atomic E-state index is -0.280. The fraction of sp³-hybridized carbons (Fsp3) is 0.818. The van der Waals surface area contributed by atoms with Crippen molar-refractivity contribution in [3.63, 3.8) is 0 Å². The van der Waals surface area contributed by atoms with Crippen molar-refractivity contribution in [1.82, 2.24) is 4.90 Å². The van der Waals surface area contributed by atoms with Crippen LogP contribution in [0.25, 0.3) is 0 Å². The molecule has 0 aromatic heterocycles. The maximum absolute atomic E-state index is 11.3. The van der Waals surface area contributed by atoms with Crippen molar-refractivity contribution in [2.24, 2.45) is 0 Å². The maximum Gasteiger partial charge on any atom is 0.289 e. The Balaban J connectivity index is 0.000000791. The molecule has 1 rings (SSSR count). The number of piperidine rings is 1. The van der Waals surface area contributed by atoms with Crippen LogP contribution in [0.15, 0.2) is 0 Å². The molecule has 0 bridgehead atoms. The monoisotopic (exact) mass is 199 g/mol. The molecule has 0 aliphatic carbocycles. The molecule has 0 aromatic carbocycles. The molecular weight excluding hydrogens is 178 g/mol. The molecule has 1 fully saturated rings. The lowest BCUT2D eigenvalue weighted by molar-refractivity contribution is -0.145. The molecule has 0 radical (unpaired) electrons. The average Bonchev–Trinajstić information content (AvgIpc) is 2.31. The first-order chi connectivity index (χ1) is 6.75. The highest BCUT2D eigenvalue weighted by atomic mass is 16.2. The number of hydrogen-bond donors (Lipinski definition) is 0. The molecule has 3 nitrogen and oxygen atoms in total. The summed E-state index contributed by atoms with van der Waals surface area (Å²) in [7, 11) is 0. The lowest BCUT2D eigenvalue weighted by Crippen LogP contribution is -2.39. The third-order valence-corrected chi connectivity index (χ3v) is 2.20.